The molecule has 142 valence electrons. The fourth-order valence-electron chi connectivity index (χ4n) is 2.81. The molecule has 1 aliphatic rings. The molecule has 0 spiro atoms. The SMILES string of the molecule is CC(C)Oc1ccccc1NC(=O)C(=O)N1CCN(c2ncccn2)CC1. The molecule has 0 bridgehead atoms. The van der Waals surface area contributed by atoms with Crippen LogP contribution in [0.1, 0.15) is 13.8 Å². The summed E-state index contributed by atoms with van der Waals surface area (Å²) in [7, 11) is 0. The Balaban J connectivity index is 1.58. The molecule has 2 heterocycles. The molecule has 1 fully saturated rings. The molecule has 0 radical (unpaired) electrons. The Hall–Kier alpha value is -3.16. The van der Waals surface area contributed by atoms with E-state index in [2.05, 4.69) is 15.3 Å². The Morgan fingerprint density at radius 3 is 2.37 bits per heavy atom. The molecule has 0 aliphatic carbocycles. The highest BCUT2D eigenvalue weighted by atomic mass is 16.5. The van der Waals surface area contributed by atoms with Crippen LogP contribution in [0.15, 0.2) is 42.7 Å². The molecule has 8 heteroatoms. The van der Waals surface area contributed by atoms with Crippen molar-refractivity contribution < 1.29 is 14.3 Å². The number of carbonyl (C=O) groups is 2. The first-order chi connectivity index (χ1) is 13.0. The van der Waals surface area contributed by atoms with E-state index in [0.717, 1.165) is 0 Å². The number of piperazine rings is 1. The van der Waals surface area contributed by atoms with Gasteiger partial charge in [0, 0.05) is 38.6 Å². The van der Waals surface area contributed by atoms with Crippen LogP contribution in [-0.2, 0) is 9.59 Å². The van der Waals surface area contributed by atoms with Gasteiger partial charge in [0.1, 0.15) is 5.75 Å². The molecule has 2 amide bonds. The lowest BCUT2D eigenvalue weighted by atomic mass is 10.2. The molecule has 1 aromatic heterocycles. The summed E-state index contributed by atoms with van der Waals surface area (Å²) in [5, 5.41) is 2.66. The zero-order valence-corrected chi connectivity index (χ0v) is 15.5. The molecule has 1 saturated heterocycles. The molecular weight excluding hydrogens is 346 g/mol. The van der Waals surface area contributed by atoms with Crippen molar-refractivity contribution >= 4 is 23.5 Å². The molecule has 2 aromatic rings. The van der Waals surface area contributed by atoms with Crippen LogP contribution in [0, 0.1) is 0 Å². The van der Waals surface area contributed by atoms with E-state index in [0.29, 0.717) is 43.6 Å². The Morgan fingerprint density at radius 1 is 1.04 bits per heavy atom. The van der Waals surface area contributed by atoms with E-state index in [1.165, 1.54) is 0 Å². The summed E-state index contributed by atoms with van der Waals surface area (Å²) in [6, 6.07) is 8.84. The number of carbonyl (C=O) groups excluding carboxylic acids is 2. The molecule has 0 saturated carbocycles. The molecule has 0 atom stereocenters. The highest BCUT2D eigenvalue weighted by Gasteiger charge is 2.27. The zero-order chi connectivity index (χ0) is 19.2. The van der Waals surface area contributed by atoms with Gasteiger partial charge in [0.15, 0.2) is 0 Å². The first-order valence-corrected chi connectivity index (χ1v) is 8.92. The number of rotatable bonds is 4. The average Bonchev–Trinajstić information content (AvgIpc) is 2.69. The number of hydrogen-bond donors (Lipinski definition) is 1. The third-order valence-electron chi connectivity index (χ3n) is 4.09. The van der Waals surface area contributed by atoms with E-state index < -0.39 is 11.8 Å². The van der Waals surface area contributed by atoms with Crippen molar-refractivity contribution in [2.24, 2.45) is 0 Å². The first kappa shape index (κ1) is 18.6. The molecule has 27 heavy (non-hydrogen) atoms. The second-order valence-electron chi connectivity index (χ2n) is 6.44. The summed E-state index contributed by atoms with van der Waals surface area (Å²) in [5.41, 5.74) is 0.487. The summed E-state index contributed by atoms with van der Waals surface area (Å²) in [6.45, 7) is 5.84. The Labute approximate surface area is 158 Å². The van der Waals surface area contributed by atoms with Crippen LogP contribution in [0.25, 0.3) is 0 Å². The van der Waals surface area contributed by atoms with Crippen molar-refractivity contribution in [2.45, 2.75) is 20.0 Å². The third-order valence-corrected chi connectivity index (χ3v) is 4.09. The van der Waals surface area contributed by atoms with Crippen LogP contribution < -0.4 is 15.0 Å². The van der Waals surface area contributed by atoms with Gasteiger partial charge in [-0.05, 0) is 32.0 Å². The molecular formula is C19H23N5O3. The van der Waals surface area contributed by atoms with Gasteiger partial charge < -0.3 is 19.9 Å². The summed E-state index contributed by atoms with van der Waals surface area (Å²) in [6.07, 6.45) is 3.33. The van der Waals surface area contributed by atoms with Gasteiger partial charge in [-0.25, -0.2) is 9.97 Å². The maximum Gasteiger partial charge on any atom is 0.314 e. The van der Waals surface area contributed by atoms with E-state index >= 15 is 0 Å². The highest BCUT2D eigenvalue weighted by molar-refractivity contribution is 6.39. The molecule has 1 N–H and O–H groups in total. The standard InChI is InChI=1S/C19H23N5O3/c1-14(2)27-16-7-4-3-6-15(16)22-17(25)18(26)23-10-12-24(13-11-23)19-20-8-5-9-21-19/h3-9,14H,10-13H2,1-2H3,(H,22,25). The number of ether oxygens (including phenoxy) is 1. The number of benzene rings is 1. The largest absolute Gasteiger partial charge is 0.489 e. The summed E-state index contributed by atoms with van der Waals surface area (Å²) in [5.74, 6) is -0.0456. The number of aromatic nitrogens is 2. The van der Waals surface area contributed by atoms with Gasteiger partial charge in [-0.15, -0.1) is 0 Å². The van der Waals surface area contributed by atoms with Gasteiger partial charge in [0.25, 0.3) is 0 Å². The van der Waals surface area contributed by atoms with Gasteiger partial charge in [-0.3, -0.25) is 9.59 Å². The monoisotopic (exact) mass is 369 g/mol. The second-order valence-corrected chi connectivity index (χ2v) is 6.44. The van der Waals surface area contributed by atoms with Gasteiger partial charge >= 0.3 is 11.8 Å². The number of hydrogen-bond acceptors (Lipinski definition) is 6. The van der Waals surface area contributed by atoms with Crippen molar-refractivity contribution in [1.29, 1.82) is 0 Å². The molecule has 1 aliphatic heterocycles. The Morgan fingerprint density at radius 2 is 1.70 bits per heavy atom. The smallest absolute Gasteiger partial charge is 0.314 e. The van der Waals surface area contributed by atoms with E-state index in [1.54, 1.807) is 41.6 Å². The predicted octanol–water partition coefficient (Wildman–Crippen LogP) is 1.55. The van der Waals surface area contributed by atoms with Gasteiger partial charge in [0.2, 0.25) is 5.95 Å². The van der Waals surface area contributed by atoms with Crippen molar-refractivity contribution in [3.05, 3.63) is 42.7 Å². The van der Waals surface area contributed by atoms with Crippen LogP contribution >= 0.6 is 0 Å². The summed E-state index contributed by atoms with van der Waals surface area (Å²) < 4.78 is 5.67. The third kappa shape index (κ3) is 4.72. The normalized spacial score (nSPS) is 14.2. The molecule has 3 rings (SSSR count). The van der Waals surface area contributed by atoms with Crippen molar-refractivity contribution in [1.82, 2.24) is 14.9 Å². The van der Waals surface area contributed by atoms with Crippen LogP contribution in [0.2, 0.25) is 0 Å². The summed E-state index contributed by atoms with van der Waals surface area (Å²) >= 11 is 0. The lowest BCUT2D eigenvalue weighted by Crippen LogP contribution is -2.52. The minimum atomic E-state index is -0.667. The minimum absolute atomic E-state index is 0.0352. The highest BCUT2D eigenvalue weighted by Crippen LogP contribution is 2.25. The average molecular weight is 369 g/mol. The quantitative estimate of drug-likeness (QED) is 0.823. The number of anilines is 2. The number of amides is 2. The lowest BCUT2D eigenvalue weighted by Gasteiger charge is -2.34. The number of nitrogens with zero attached hydrogens (tertiary/aromatic N) is 4. The minimum Gasteiger partial charge on any atom is -0.489 e. The number of para-hydroxylation sites is 2. The van der Waals surface area contributed by atoms with E-state index in [4.69, 9.17) is 4.74 Å². The van der Waals surface area contributed by atoms with Crippen LogP contribution in [0.5, 0.6) is 5.75 Å². The van der Waals surface area contributed by atoms with E-state index in [-0.39, 0.29) is 6.10 Å². The molecule has 1 aromatic carbocycles. The zero-order valence-electron chi connectivity index (χ0n) is 15.5. The molecule has 0 unspecified atom stereocenters. The lowest BCUT2D eigenvalue weighted by molar-refractivity contribution is -0.143. The van der Waals surface area contributed by atoms with E-state index in [9.17, 15) is 9.59 Å². The van der Waals surface area contributed by atoms with Crippen molar-refractivity contribution in [2.75, 3.05) is 36.4 Å². The van der Waals surface area contributed by atoms with Crippen molar-refractivity contribution in [3.8, 4) is 5.75 Å². The maximum absolute atomic E-state index is 12.5. The fraction of sp³-hybridized carbons (Fsp3) is 0.368. The van der Waals surface area contributed by atoms with Gasteiger partial charge in [0.05, 0.1) is 11.8 Å². The second kappa shape index (κ2) is 8.48. The first-order valence-electron chi connectivity index (χ1n) is 8.92. The topological polar surface area (TPSA) is 87.7 Å². The van der Waals surface area contributed by atoms with E-state index in [1.807, 2.05) is 24.8 Å². The number of nitrogens with one attached hydrogen (secondary N) is 1. The maximum atomic E-state index is 12.5. The molecule has 8 nitrogen and oxygen atoms in total. The Bertz CT molecular complexity index is 789. The van der Waals surface area contributed by atoms with Crippen LogP contribution in [-0.4, -0.2) is 59.0 Å². The van der Waals surface area contributed by atoms with Crippen LogP contribution in [0.4, 0.5) is 11.6 Å². The predicted molar refractivity (Wildman–Crippen MR) is 102 cm³/mol. The van der Waals surface area contributed by atoms with Crippen molar-refractivity contribution in [3.63, 3.8) is 0 Å². The van der Waals surface area contributed by atoms with Crippen LogP contribution in [0.3, 0.4) is 0 Å². The fourth-order valence-corrected chi connectivity index (χ4v) is 2.81. The van der Waals surface area contributed by atoms with Gasteiger partial charge in [-0.1, -0.05) is 12.1 Å². The Kier molecular flexibility index (Phi) is 5.85. The van der Waals surface area contributed by atoms with Gasteiger partial charge in [-0.2, -0.15) is 0 Å². The summed E-state index contributed by atoms with van der Waals surface area (Å²) in [4.78, 5) is 36.9.